The lowest BCUT2D eigenvalue weighted by molar-refractivity contribution is -0.151. The van der Waals surface area contributed by atoms with Crippen LogP contribution in [0.25, 0.3) is 0 Å². The normalized spacial score (nSPS) is 12.8. The van der Waals surface area contributed by atoms with E-state index in [1.54, 1.807) is 63.0 Å². The Balaban J connectivity index is 1.76. The summed E-state index contributed by atoms with van der Waals surface area (Å²) in [4.78, 5) is 55.4. The summed E-state index contributed by atoms with van der Waals surface area (Å²) in [5.41, 5.74) is 8.69. The van der Waals surface area contributed by atoms with Gasteiger partial charge in [-0.2, -0.15) is 0 Å². The molecule has 0 spiro atoms. The lowest BCUT2D eigenvalue weighted by Gasteiger charge is -2.33. The van der Waals surface area contributed by atoms with E-state index in [1.165, 1.54) is 4.90 Å². The van der Waals surface area contributed by atoms with E-state index < -0.39 is 11.7 Å². The van der Waals surface area contributed by atoms with Crippen molar-refractivity contribution in [3.05, 3.63) is 64.7 Å². The van der Waals surface area contributed by atoms with Crippen molar-refractivity contribution in [1.29, 1.82) is 0 Å². The van der Waals surface area contributed by atoms with Crippen LogP contribution < -0.4 is 16.2 Å². The molecule has 1 aliphatic rings. The number of amides is 4. The number of nitrogens with one attached hydrogen (secondary N) is 3. The molecule has 0 radical (unpaired) electrons. The van der Waals surface area contributed by atoms with E-state index >= 15 is 0 Å². The Labute approximate surface area is 260 Å². The molecule has 2 aromatic rings. The van der Waals surface area contributed by atoms with Gasteiger partial charge >= 0.3 is 6.09 Å². The second-order valence-corrected chi connectivity index (χ2v) is 12.2. The molecule has 0 saturated heterocycles. The maximum Gasteiger partial charge on any atom is 0.410 e. The number of rotatable bonds is 12. The Hall–Kier alpha value is -4.16. The molecular weight excluding hydrogens is 562 g/mol. The number of aryl methyl sites for hydroxylation is 1. The van der Waals surface area contributed by atoms with Crippen molar-refractivity contribution in [3.8, 4) is 0 Å². The lowest BCUT2D eigenvalue weighted by atomic mass is 10.1. The summed E-state index contributed by atoms with van der Waals surface area (Å²) in [6, 6.07) is 13.0. The van der Waals surface area contributed by atoms with Gasteiger partial charge in [0.1, 0.15) is 12.1 Å². The summed E-state index contributed by atoms with van der Waals surface area (Å²) >= 11 is 0. The van der Waals surface area contributed by atoms with Crippen LogP contribution in [0.5, 0.6) is 0 Å². The smallest absolute Gasteiger partial charge is 0.410 e. The first kappa shape index (κ1) is 34.3. The molecule has 3 N–H and O–H groups in total. The predicted molar refractivity (Wildman–Crippen MR) is 169 cm³/mol. The van der Waals surface area contributed by atoms with E-state index in [0.29, 0.717) is 24.3 Å². The quantitative estimate of drug-likeness (QED) is 0.314. The monoisotopic (exact) mass is 609 g/mol. The topological polar surface area (TPSA) is 127 Å². The highest BCUT2D eigenvalue weighted by Gasteiger charge is 2.29. The van der Waals surface area contributed by atoms with Crippen LogP contribution in [-0.2, 0) is 27.4 Å². The summed E-state index contributed by atoms with van der Waals surface area (Å²) in [7, 11) is 3.31. The lowest BCUT2D eigenvalue weighted by Crippen LogP contribution is -2.51. The van der Waals surface area contributed by atoms with Gasteiger partial charge in [-0.1, -0.05) is 30.3 Å². The Morgan fingerprint density at radius 1 is 0.977 bits per heavy atom. The zero-order valence-corrected chi connectivity index (χ0v) is 27.2. The van der Waals surface area contributed by atoms with Crippen LogP contribution in [0.15, 0.2) is 42.5 Å². The number of benzene rings is 2. The molecule has 1 aliphatic heterocycles. The third kappa shape index (κ3) is 9.42. The van der Waals surface area contributed by atoms with Crippen LogP contribution in [-0.4, -0.2) is 95.5 Å². The van der Waals surface area contributed by atoms with Crippen molar-refractivity contribution < 1.29 is 23.9 Å². The third-order valence-electron chi connectivity index (χ3n) is 7.32. The van der Waals surface area contributed by atoms with Gasteiger partial charge in [0.05, 0.1) is 6.54 Å². The van der Waals surface area contributed by atoms with E-state index in [-0.39, 0.29) is 49.9 Å². The highest BCUT2D eigenvalue weighted by atomic mass is 16.6. The first-order valence-electron chi connectivity index (χ1n) is 14.9. The molecule has 0 saturated carbocycles. The van der Waals surface area contributed by atoms with Crippen molar-refractivity contribution in [2.45, 2.75) is 66.3 Å². The Bertz CT molecular complexity index is 1320. The molecule has 0 fully saturated rings. The summed E-state index contributed by atoms with van der Waals surface area (Å²) in [6.07, 6.45) is -0.483. The van der Waals surface area contributed by atoms with Gasteiger partial charge in [-0.05, 0) is 70.4 Å². The molecule has 0 aliphatic carbocycles. The van der Waals surface area contributed by atoms with Gasteiger partial charge in [-0.3, -0.25) is 24.8 Å². The minimum Gasteiger partial charge on any atom is -0.444 e. The molecule has 12 heteroatoms. The molecule has 44 heavy (non-hydrogen) atoms. The average molecular weight is 610 g/mol. The van der Waals surface area contributed by atoms with Crippen LogP contribution in [0.2, 0.25) is 0 Å². The number of carbonyl (C=O) groups is 4. The fourth-order valence-electron chi connectivity index (χ4n) is 4.77. The van der Waals surface area contributed by atoms with Crippen LogP contribution in [0.4, 0.5) is 10.5 Å². The largest absolute Gasteiger partial charge is 0.444 e. The number of ether oxygens (including phenoxy) is 1. The third-order valence-corrected chi connectivity index (χ3v) is 7.32. The molecule has 12 nitrogen and oxygen atoms in total. The van der Waals surface area contributed by atoms with Crippen LogP contribution in [0.3, 0.4) is 0 Å². The Kier molecular flexibility index (Phi) is 11.7. The summed E-state index contributed by atoms with van der Waals surface area (Å²) in [5.74, 6) is -0.882. The van der Waals surface area contributed by atoms with Gasteiger partial charge in [-0.25, -0.2) is 15.2 Å². The summed E-state index contributed by atoms with van der Waals surface area (Å²) < 4.78 is 5.59. The van der Waals surface area contributed by atoms with E-state index in [0.717, 1.165) is 16.7 Å². The van der Waals surface area contributed by atoms with Crippen LogP contribution >= 0.6 is 0 Å². The SMILES string of the molecule is CNNC(=O)c1ccc(C)c(NCC(=O)N(CCN(C(=O)OC(C)(C)C)C(C)C)CC(=O)N(C)N2Cc3ccccc3C2)c1. The summed E-state index contributed by atoms with van der Waals surface area (Å²) in [6.45, 7) is 12.3. The van der Waals surface area contributed by atoms with E-state index in [2.05, 4.69) is 16.2 Å². The fourth-order valence-corrected chi connectivity index (χ4v) is 4.77. The number of hydrazine groups is 2. The standard InChI is InChI=1S/C32H47N7O5/c1-22(2)39(31(43)44-32(4,5)6)16-15-37(21-29(41)36(8)38-19-25-11-9-10-12-26(25)20-38)28(40)18-34-27-17-24(14-13-23(27)3)30(42)35-33-7/h9-14,17,22,33-34H,15-16,18-21H2,1-8H3,(H,35,42). The molecule has 3 rings (SSSR count). The van der Waals surface area contributed by atoms with Gasteiger partial charge in [0.2, 0.25) is 5.91 Å². The zero-order valence-electron chi connectivity index (χ0n) is 27.2. The molecule has 2 aromatic carbocycles. The number of fused-ring (bicyclic) bond motifs is 1. The molecular formula is C32H47N7O5. The van der Waals surface area contributed by atoms with E-state index in [4.69, 9.17) is 4.74 Å². The maximum absolute atomic E-state index is 13.6. The predicted octanol–water partition coefficient (Wildman–Crippen LogP) is 3.13. The second kappa shape index (κ2) is 15.0. The first-order valence-corrected chi connectivity index (χ1v) is 14.9. The first-order chi connectivity index (χ1) is 20.7. The number of hydrogen-bond acceptors (Lipinski definition) is 8. The zero-order chi connectivity index (χ0) is 32.6. The summed E-state index contributed by atoms with van der Waals surface area (Å²) in [5, 5.41) is 6.64. The van der Waals surface area contributed by atoms with Gasteiger partial charge < -0.3 is 19.9 Å². The van der Waals surface area contributed by atoms with Crippen molar-refractivity contribution in [3.63, 3.8) is 0 Å². The van der Waals surface area contributed by atoms with Gasteiger partial charge in [0.15, 0.2) is 0 Å². The van der Waals surface area contributed by atoms with Gasteiger partial charge in [-0.15, -0.1) is 0 Å². The maximum atomic E-state index is 13.6. The van der Waals surface area contributed by atoms with Crippen molar-refractivity contribution in [2.75, 3.05) is 45.6 Å². The number of likely N-dealkylation sites (N-methyl/N-ethyl adjacent to an activating group) is 1. The number of hydrogen-bond donors (Lipinski definition) is 3. The van der Waals surface area contributed by atoms with Crippen LogP contribution in [0, 0.1) is 6.92 Å². The van der Waals surface area contributed by atoms with Crippen molar-refractivity contribution in [2.24, 2.45) is 0 Å². The molecule has 1 heterocycles. The highest BCUT2D eigenvalue weighted by Crippen LogP contribution is 2.23. The van der Waals surface area contributed by atoms with Gasteiger partial charge in [0.25, 0.3) is 11.8 Å². The average Bonchev–Trinajstić information content (AvgIpc) is 3.39. The molecule has 0 atom stereocenters. The molecule has 0 unspecified atom stereocenters. The van der Waals surface area contributed by atoms with E-state index in [1.807, 2.05) is 50.0 Å². The number of nitrogens with zero attached hydrogens (tertiary/aromatic N) is 4. The Morgan fingerprint density at radius 2 is 1.61 bits per heavy atom. The second-order valence-electron chi connectivity index (χ2n) is 12.2. The minimum absolute atomic E-state index is 0.113. The molecule has 0 aromatic heterocycles. The minimum atomic E-state index is -0.674. The number of carbonyl (C=O) groups excluding carboxylic acids is 4. The van der Waals surface area contributed by atoms with Crippen LogP contribution in [0.1, 0.15) is 61.7 Å². The van der Waals surface area contributed by atoms with Gasteiger partial charge in [0, 0.05) is 57.6 Å². The fraction of sp³-hybridized carbons (Fsp3) is 0.500. The van der Waals surface area contributed by atoms with Crippen molar-refractivity contribution >= 4 is 29.5 Å². The molecule has 4 amide bonds. The molecule has 240 valence electrons. The number of anilines is 1. The van der Waals surface area contributed by atoms with E-state index in [9.17, 15) is 19.2 Å². The Morgan fingerprint density at radius 3 is 2.18 bits per heavy atom. The van der Waals surface area contributed by atoms with Crippen molar-refractivity contribution in [1.82, 2.24) is 30.7 Å². The highest BCUT2D eigenvalue weighted by molar-refractivity contribution is 5.95. The molecule has 0 bridgehead atoms.